The number of ketones is 2. The minimum Gasteiger partial charge on any atom is -0.288 e. The number of thiophene rings is 3. The zero-order valence-corrected chi connectivity index (χ0v) is 36.1. The highest BCUT2D eigenvalue weighted by atomic mass is 32.1. The van der Waals surface area contributed by atoms with E-state index in [0.29, 0.717) is 9.75 Å². The summed E-state index contributed by atoms with van der Waals surface area (Å²) < 4.78 is 0. The number of carbonyl (C=O) groups is 2. The molecule has 0 saturated heterocycles. The van der Waals surface area contributed by atoms with Crippen molar-refractivity contribution in [2.75, 3.05) is 0 Å². The van der Waals surface area contributed by atoms with Crippen LogP contribution < -0.4 is 31.8 Å². The summed E-state index contributed by atoms with van der Waals surface area (Å²) in [6.45, 7) is -5.58. The molecule has 0 N–H and O–H groups in total. The number of Topliss-reactive ketones (excluding diaryl/α,β-unsaturated/α-hetero) is 2. The van der Waals surface area contributed by atoms with Crippen molar-refractivity contribution in [1.82, 2.24) is 0 Å². The highest BCUT2D eigenvalue weighted by molar-refractivity contribution is 7.97. The van der Waals surface area contributed by atoms with Gasteiger partial charge >= 0.3 is 0 Å². The minimum atomic E-state index is -2.79. The Morgan fingerprint density at radius 2 is 0.542 bits per heavy atom. The average Bonchev–Trinajstić information content (AvgIpc) is 4.14. The monoisotopic (exact) mass is 852 g/mol. The van der Waals surface area contributed by atoms with Crippen LogP contribution in [-0.4, -0.2) is 22.2 Å². The van der Waals surface area contributed by atoms with E-state index in [1.165, 1.54) is 11.3 Å². The summed E-state index contributed by atoms with van der Waals surface area (Å²) in [6.07, 6.45) is 0. The van der Waals surface area contributed by atoms with E-state index >= 15 is 9.59 Å². The molecule has 0 aliphatic heterocycles. The largest absolute Gasteiger partial charge is 0.288 e. The first-order valence-electron chi connectivity index (χ1n) is 19.3. The van der Waals surface area contributed by atoms with Crippen LogP contribution in [0.15, 0.2) is 229 Å². The average molecular weight is 853 g/mol. The molecule has 59 heavy (non-hydrogen) atoms. The lowest BCUT2D eigenvalue weighted by Gasteiger charge is -2.32. The first kappa shape index (κ1) is 38.9. The fraction of sp³-hybridized carbons (Fsp3) is 0. The van der Waals surface area contributed by atoms with Crippen LogP contribution in [0.3, 0.4) is 0 Å². The van der Waals surface area contributed by atoms with Crippen LogP contribution in [-0.2, 0) is 0 Å². The number of rotatable bonds is 12. The Balaban J connectivity index is 1.34. The predicted octanol–water partition coefficient (Wildman–Crippen LogP) is 10.7. The lowest BCUT2D eigenvalue weighted by Crippen LogP contribution is -2.34. The van der Waals surface area contributed by atoms with Crippen LogP contribution in [0.1, 0.15) is 29.1 Å². The van der Waals surface area contributed by atoms with Crippen molar-refractivity contribution < 1.29 is 9.59 Å². The number of carbonyl (C=O) groups excluding carboxylic acids is 2. The second-order valence-electron chi connectivity index (χ2n) is 13.8. The maximum Gasteiger partial charge on any atom is 0.205 e. The fourth-order valence-electron chi connectivity index (χ4n) is 8.08. The van der Waals surface area contributed by atoms with Crippen molar-refractivity contribution in [3.8, 4) is 0 Å². The van der Waals surface area contributed by atoms with E-state index in [1.807, 2.05) is 71.4 Å². The molecule has 0 aliphatic carbocycles. The van der Waals surface area contributed by atoms with Crippen molar-refractivity contribution >= 4 is 102 Å². The van der Waals surface area contributed by atoms with Gasteiger partial charge in [0.25, 0.3) is 0 Å². The van der Waals surface area contributed by atoms with Crippen LogP contribution in [0.2, 0.25) is 0 Å². The highest BCUT2D eigenvalue weighted by Gasteiger charge is 2.38. The van der Waals surface area contributed by atoms with Gasteiger partial charge in [-0.1, -0.05) is 194 Å². The zero-order valence-electron chi connectivity index (χ0n) is 31.9. The standard InChI is InChI=1S/C52H38O2P2S3/c53-49(51(47-33-19-37-57-47)55(39-21-7-1-8-22-39,40-23-9-2-10-24-40)41-25-11-3-12-26-41)45-35-36-46(59-45)50(54)52(48-34-20-38-58-48)56(42-27-13-4-14-28-42,43-29-15-5-16-30-43)44-31-17-6-18-32-44/h1-38H. The Labute approximate surface area is 357 Å². The van der Waals surface area contributed by atoms with Crippen molar-refractivity contribution in [1.29, 1.82) is 0 Å². The Morgan fingerprint density at radius 3 is 0.763 bits per heavy atom. The van der Waals surface area contributed by atoms with Crippen molar-refractivity contribution in [3.63, 3.8) is 0 Å². The van der Waals surface area contributed by atoms with Crippen molar-refractivity contribution in [2.45, 2.75) is 0 Å². The number of benzene rings is 6. The van der Waals surface area contributed by atoms with Gasteiger partial charge in [0.2, 0.25) is 11.6 Å². The SMILES string of the molecule is O=C(C(c1cccs1)=P(c1ccccc1)(c1ccccc1)c1ccccc1)c1ccc(C(=O)C(c2cccs2)=P(c2ccccc2)(c2ccccc2)c2ccccc2)s1. The summed E-state index contributed by atoms with van der Waals surface area (Å²) in [6, 6.07) is 74.9. The van der Waals surface area contributed by atoms with Gasteiger partial charge in [-0.05, 0) is 80.6 Å². The van der Waals surface area contributed by atoms with Gasteiger partial charge in [0.1, 0.15) is 0 Å². The molecule has 0 bridgehead atoms. The van der Waals surface area contributed by atoms with Crippen LogP contribution in [0.4, 0.5) is 0 Å². The Bertz CT molecular complexity index is 2530. The maximum atomic E-state index is 15.8. The van der Waals surface area contributed by atoms with Gasteiger partial charge in [-0.3, -0.25) is 9.59 Å². The Kier molecular flexibility index (Phi) is 11.4. The van der Waals surface area contributed by atoms with Crippen molar-refractivity contribution in [3.05, 3.63) is 249 Å². The third kappa shape index (κ3) is 7.04. The summed E-state index contributed by atoms with van der Waals surface area (Å²) in [5.74, 6) is -0.122. The van der Waals surface area contributed by atoms with E-state index in [4.69, 9.17) is 0 Å². The van der Waals surface area contributed by atoms with E-state index in [0.717, 1.165) is 52.2 Å². The molecule has 7 heteroatoms. The summed E-state index contributed by atoms with van der Waals surface area (Å²) in [7, 11) is 0. The topological polar surface area (TPSA) is 34.1 Å². The summed E-state index contributed by atoms with van der Waals surface area (Å²) in [5, 5.41) is 12.2. The molecule has 0 radical (unpaired) electrons. The second-order valence-corrected chi connectivity index (χ2v) is 23.5. The van der Waals surface area contributed by atoms with Crippen LogP contribution in [0, 0.1) is 0 Å². The predicted molar refractivity (Wildman–Crippen MR) is 260 cm³/mol. The molecule has 0 fully saturated rings. The third-order valence-electron chi connectivity index (χ3n) is 10.5. The smallest absolute Gasteiger partial charge is 0.205 e. The summed E-state index contributed by atoms with van der Waals surface area (Å²) in [4.78, 5) is 34.5. The van der Waals surface area contributed by atoms with Gasteiger partial charge in [0, 0.05) is 9.75 Å². The lowest BCUT2D eigenvalue weighted by atomic mass is 10.2. The van der Waals surface area contributed by atoms with E-state index in [2.05, 4.69) is 158 Å². The molecule has 0 aliphatic rings. The van der Waals surface area contributed by atoms with E-state index in [1.54, 1.807) is 22.7 Å². The van der Waals surface area contributed by atoms with E-state index in [-0.39, 0.29) is 11.6 Å². The zero-order chi connectivity index (χ0) is 40.1. The molecule has 0 amide bonds. The molecule has 0 saturated carbocycles. The quantitative estimate of drug-likeness (QED) is 0.0906. The van der Waals surface area contributed by atoms with E-state index in [9.17, 15) is 0 Å². The minimum absolute atomic E-state index is 0.0608. The van der Waals surface area contributed by atoms with E-state index < -0.39 is 13.8 Å². The molecule has 3 aromatic heterocycles. The fourth-order valence-corrected chi connectivity index (χ4v) is 20.3. The second kappa shape index (κ2) is 17.3. The number of hydrogen-bond acceptors (Lipinski definition) is 5. The molecule has 9 aromatic rings. The molecule has 9 rings (SSSR count). The maximum absolute atomic E-state index is 15.8. The molecule has 0 atom stereocenters. The Morgan fingerprint density at radius 1 is 0.288 bits per heavy atom. The molecule has 6 aromatic carbocycles. The van der Waals surface area contributed by atoms with Gasteiger partial charge in [-0.2, -0.15) is 0 Å². The van der Waals surface area contributed by atoms with Gasteiger partial charge < -0.3 is 0 Å². The lowest BCUT2D eigenvalue weighted by molar-refractivity contribution is 0.106. The van der Waals surface area contributed by atoms with Gasteiger partial charge in [-0.15, -0.1) is 34.0 Å². The van der Waals surface area contributed by atoms with Gasteiger partial charge in [-0.25, -0.2) is 0 Å². The first-order valence-corrected chi connectivity index (χ1v) is 25.4. The van der Waals surface area contributed by atoms with Gasteiger partial charge in [0.05, 0.1) is 20.3 Å². The third-order valence-corrected chi connectivity index (χ3v) is 22.4. The molecule has 2 nitrogen and oxygen atoms in total. The highest BCUT2D eigenvalue weighted by Crippen LogP contribution is 2.51. The van der Waals surface area contributed by atoms with Gasteiger partial charge in [0.15, 0.2) is 0 Å². The molecular weight excluding hydrogens is 815 g/mol. The summed E-state index contributed by atoms with van der Waals surface area (Å²) in [5.41, 5.74) is 0. The van der Waals surface area contributed by atoms with Crippen LogP contribution in [0.25, 0.3) is 0 Å². The summed E-state index contributed by atoms with van der Waals surface area (Å²) >= 11 is 4.48. The molecule has 0 unspecified atom stereocenters. The Hall–Kier alpha value is -5.64. The number of hydrogen-bond donors (Lipinski definition) is 0. The van der Waals surface area contributed by atoms with Crippen molar-refractivity contribution in [2.24, 2.45) is 0 Å². The molecule has 3 heterocycles. The molecular formula is C52H38O2P2S3. The van der Waals surface area contributed by atoms with Crippen LogP contribution >= 0.6 is 47.8 Å². The molecule has 286 valence electrons. The van der Waals surface area contributed by atoms with Crippen LogP contribution in [0.5, 0.6) is 0 Å². The first-order chi connectivity index (χ1) is 29.1. The normalized spacial score (nSPS) is 11.5. The molecule has 0 spiro atoms.